The molecule has 0 aliphatic carbocycles. The maximum absolute atomic E-state index is 5.53. The number of hydrogen-bond acceptors (Lipinski definition) is 3. The summed E-state index contributed by atoms with van der Waals surface area (Å²) in [4.78, 5) is 6.78. The second kappa shape index (κ2) is 9.47. The summed E-state index contributed by atoms with van der Waals surface area (Å²) in [6, 6.07) is 22.3. The first-order valence-electron chi connectivity index (χ1n) is 12.2. The fourth-order valence-electron chi connectivity index (χ4n) is 5.07. The van der Waals surface area contributed by atoms with Crippen LogP contribution in [0.2, 0.25) is 0 Å². The third-order valence-corrected chi connectivity index (χ3v) is 6.83. The fraction of sp³-hybridized carbons (Fsp3) is 0.300. The van der Waals surface area contributed by atoms with Crippen LogP contribution in [-0.2, 0) is 4.74 Å². The zero-order valence-corrected chi connectivity index (χ0v) is 20.6. The number of rotatable bonds is 5. The summed E-state index contributed by atoms with van der Waals surface area (Å²) in [6.45, 7) is 12.4. The van der Waals surface area contributed by atoms with Gasteiger partial charge >= 0.3 is 0 Å². The lowest BCUT2D eigenvalue weighted by Gasteiger charge is -2.29. The Bertz CT molecular complexity index is 1270. The Morgan fingerprint density at radius 3 is 2.21 bits per heavy atom. The Labute approximate surface area is 202 Å². The van der Waals surface area contributed by atoms with E-state index in [1.54, 1.807) is 0 Å². The van der Waals surface area contributed by atoms with E-state index in [-0.39, 0.29) is 0 Å². The molecular formula is C30H33N3O. The van der Waals surface area contributed by atoms with E-state index in [4.69, 9.17) is 4.74 Å². The molecule has 3 heterocycles. The van der Waals surface area contributed by atoms with Crippen LogP contribution in [0.4, 0.5) is 5.69 Å². The first kappa shape index (κ1) is 22.4. The van der Waals surface area contributed by atoms with Crippen LogP contribution in [0.3, 0.4) is 0 Å². The molecule has 0 saturated carbocycles. The average molecular weight is 452 g/mol. The minimum atomic E-state index is 0.480. The highest BCUT2D eigenvalue weighted by Gasteiger charge is 2.18. The summed E-state index contributed by atoms with van der Waals surface area (Å²) >= 11 is 0. The minimum absolute atomic E-state index is 0.480. The monoisotopic (exact) mass is 451 g/mol. The van der Waals surface area contributed by atoms with Crippen LogP contribution in [-0.4, -0.2) is 35.9 Å². The van der Waals surface area contributed by atoms with Crippen molar-refractivity contribution in [3.8, 4) is 28.2 Å². The molecule has 4 heteroatoms. The fourth-order valence-corrected chi connectivity index (χ4v) is 5.07. The highest BCUT2D eigenvalue weighted by molar-refractivity contribution is 5.75. The van der Waals surface area contributed by atoms with Crippen molar-refractivity contribution in [3.63, 3.8) is 0 Å². The zero-order chi connectivity index (χ0) is 23.7. The third kappa shape index (κ3) is 4.26. The van der Waals surface area contributed by atoms with Crippen molar-refractivity contribution < 1.29 is 4.74 Å². The van der Waals surface area contributed by atoms with Crippen LogP contribution >= 0.6 is 0 Å². The molecule has 4 aromatic rings. The Balaban J connectivity index is 1.65. The van der Waals surface area contributed by atoms with Crippen LogP contribution in [0.15, 0.2) is 73.1 Å². The molecule has 1 aliphatic heterocycles. The summed E-state index contributed by atoms with van der Waals surface area (Å²) in [5.41, 5.74) is 11.2. The van der Waals surface area contributed by atoms with E-state index >= 15 is 0 Å². The summed E-state index contributed by atoms with van der Waals surface area (Å²) < 4.78 is 7.90. The highest BCUT2D eigenvalue weighted by Crippen LogP contribution is 2.36. The first-order valence-corrected chi connectivity index (χ1v) is 12.2. The Kier molecular flexibility index (Phi) is 6.25. The molecule has 0 unspecified atom stereocenters. The van der Waals surface area contributed by atoms with Gasteiger partial charge in [-0.2, -0.15) is 0 Å². The number of nitrogens with zero attached hydrogens (tertiary/aromatic N) is 3. The second-order valence-electron chi connectivity index (χ2n) is 9.48. The number of hydrogen-bond donors (Lipinski definition) is 0. The van der Waals surface area contributed by atoms with Gasteiger partial charge in [0.2, 0.25) is 0 Å². The van der Waals surface area contributed by atoms with Crippen LogP contribution in [0, 0.1) is 13.8 Å². The number of aryl methyl sites for hydroxylation is 2. The van der Waals surface area contributed by atoms with Gasteiger partial charge in [-0.1, -0.05) is 19.9 Å². The van der Waals surface area contributed by atoms with Crippen molar-refractivity contribution in [1.29, 1.82) is 0 Å². The summed E-state index contributed by atoms with van der Waals surface area (Å²) in [5.74, 6) is 0.480. The van der Waals surface area contributed by atoms with Gasteiger partial charge in [0, 0.05) is 48.0 Å². The molecule has 0 N–H and O–H groups in total. The van der Waals surface area contributed by atoms with Gasteiger partial charge in [0.05, 0.1) is 24.6 Å². The summed E-state index contributed by atoms with van der Waals surface area (Å²) in [5, 5.41) is 0. The lowest BCUT2D eigenvalue weighted by molar-refractivity contribution is 0.122. The Morgan fingerprint density at radius 2 is 1.53 bits per heavy atom. The van der Waals surface area contributed by atoms with Crippen LogP contribution in [0.5, 0.6) is 0 Å². The van der Waals surface area contributed by atoms with Gasteiger partial charge in [-0.05, 0) is 91.1 Å². The normalized spacial score (nSPS) is 14.1. The number of aromatic nitrogens is 2. The lowest BCUT2D eigenvalue weighted by Crippen LogP contribution is -2.36. The van der Waals surface area contributed by atoms with E-state index in [1.165, 1.54) is 33.6 Å². The van der Waals surface area contributed by atoms with Gasteiger partial charge in [0.15, 0.2) is 0 Å². The molecule has 34 heavy (non-hydrogen) atoms. The zero-order valence-electron chi connectivity index (χ0n) is 20.6. The SMILES string of the molecule is Cc1cc(C)c(C(C)C)cc1-c1ccc(-c2cccnc2)n1-c1ccc(N2CCOCC2)cc1. The van der Waals surface area contributed by atoms with Gasteiger partial charge < -0.3 is 14.2 Å². The van der Waals surface area contributed by atoms with Crippen molar-refractivity contribution in [1.82, 2.24) is 9.55 Å². The molecule has 0 amide bonds. The number of ether oxygens (including phenoxy) is 1. The number of anilines is 1. The largest absolute Gasteiger partial charge is 0.378 e. The molecule has 5 rings (SSSR count). The van der Waals surface area contributed by atoms with Gasteiger partial charge in [0.1, 0.15) is 0 Å². The van der Waals surface area contributed by atoms with Gasteiger partial charge in [-0.15, -0.1) is 0 Å². The molecule has 1 aliphatic rings. The molecule has 2 aromatic heterocycles. The van der Waals surface area contributed by atoms with E-state index in [1.807, 2.05) is 18.5 Å². The molecule has 174 valence electrons. The van der Waals surface area contributed by atoms with Crippen molar-refractivity contribution in [2.75, 3.05) is 31.2 Å². The molecular weight excluding hydrogens is 418 g/mol. The molecule has 1 fully saturated rings. The average Bonchev–Trinajstić information content (AvgIpc) is 3.30. The number of morpholine rings is 1. The smallest absolute Gasteiger partial charge is 0.0642 e. The molecule has 0 atom stereocenters. The first-order chi connectivity index (χ1) is 16.5. The molecule has 0 bridgehead atoms. The number of benzene rings is 2. The quantitative estimate of drug-likeness (QED) is 0.335. The van der Waals surface area contributed by atoms with Crippen molar-refractivity contribution >= 4 is 5.69 Å². The van der Waals surface area contributed by atoms with E-state index in [2.05, 4.69) is 96.7 Å². The Hall–Kier alpha value is -3.37. The molecule has 1 saturated heterocycles. The van der Waals surface area contributed by atoms with Crippen molar-refractivity contribution in [2.45, 2.75) is 33.6 Å². The third-order valence-electron chi connectivity index (χ3n) is 6.83. The Morgan fingerprint density at radius 1 is 0.824 bits per heavy atom. The maximum atomic E-state index is 5.53. The molecule has 4 nitrogen and oxygen atoms in total. The van der Waals surface area contributed by atoms with E-state index < -0.39 is 0 Å². The molecule has 2 aromatic carbocycles. The van der Waals surface area contributed by atoms with Gasteiger partial charge in [-0.25, -0.2) is 0 Å². The summed E-state index contributed by atoms with van der Waals surface area (Å²) in [7, 11) is 0. The predicted octanol–water partition coefficient (Wildman–Crippen LogP) is 6.78. The van der Waals surface area contributed by atoms with E-state index in [0.717, 1.165) is 43.2 Å². The molecule has 0 spiro atoms. The van der Waals surface area contributed by atoms with Crippen LogP contribution < -0.4 is 4.90 Å². The van der Waals surface area contributed by atoms with Gasteiger partial charge in [0.25, 0.3) is 0 Å². The minimum Gasteiger partial charge on any atom is -0.378 e. The highest BCUT2D eigenvalue weighted by atomic mass is 16.5. The predicted molar refractivity (Wildman–Crippen MR) is 141 cm³/mol. The van der Waals surface area contributed by atoms with E-state index in [9.17, 15) is 0 Å². The van der Waals surface area contributed by atoms with Crippen LogP contribution in [0.25, 0.3) is 28.2 Å². The van der Waals surface area contributed by atoms with Gasteiger partial charge in [-0.3, -0.25) is 4.98 Å². The topological polar surface area (TPSA) is 30.3 Å². The van der Waals surface area contributed by atoms with Crippen molar-refractivity contribution in [2.24, 2.45) is 0 Å². The second-order valence-corrected chi connectivity index (χ2v) is 9.48. The standard InChI is InChI=1S/C30H33N3O/c1-21(2)27-19-28(23(4)18-22(27)3)30-12-11-29(24-6-5-13-31-20-24)33(30)26-9-7-25(8-10-26)32-14-16-34-17-15-32/h5-13,18-21H,14-17H2,1-4H3. The summed E-state index contributed by atoms with van der Waals surface area (Å²) in [6.07, 6.45) is 3.77. The lowest BCUT2D eigenvalue weighted by atomic mass is 9.92. The van der Waals surface area contributed by atoms with E-state index in [0.29, 0.717) is 5.92 Å². The molecule has 0 radical (unpaired) electrons. The van der Waals surface area contributed by atoms with Crippen molar-refractivity contribution in [3.05, 3.63) is 89.7 Å². The maximum Gasteiger partial charge on any atom is 0.0642 e. The van der Waals surface area contributed by atoms with Crippen LogP contribution in [0.1, 0.15) is 36.5 Å². The number of pyridine rings is 1.